The van der Waals surface area contributed by atoms with Gasteiger partial charge in [-0.1, -0.05) is 26.0 Å². The van der Waals surface area contributed by atoms with Crippen LogP contribution in [-0.2, 0) is 6.42 Å². The molecule has 0 atom stereocenters. The molecular weight excluding hydrogens is 184 g/mol. The van der Waals surface area contributed by atoms with E-state index >= 15 is 0 Å². The fourth-order valence-corrected chi connectivity index (χ4v) is 1.66. The largest absolute Gasteiger partial charge is 0.493 e. The molecule has 15 heavy (non-hydrogen) atoms. The first-order valence-electron chi connectivity index (χ1n) is 5.56. The second-order valence-electron chi connectivity index (χ2n) is 4.51. The molecule has 0 aliphatic heterocycles. The minimum atomic E-state index is 0.566. The monoisotopic (exact) mass is 205 g/mol. The molecule has 0 aliphatic carbocycles. The van der Waals surface area contributed by atoms with E-state index in [0.29, 0.717) is 5.92 Å². The van der Waals surface area contributed by atoms with Crippen LogP contribution in [0.5, 0.6) is 5.75 Å². The van der Waals surface area contributed by atoms with Crippen LogP contribution in [0, 0.1) is 26.7 Å². The predicted molar refractivity (Wildman–Crippen MR) is 65.3 cm³/mol. The molecule has 0 spiro atoms. The number of hydrogen-bond acceptors (Lipinski definition) is 1. The standard InChI is InChI=1S/C14H21O/c1-6-13-7-11(4)14(12(5)8-13)15-9-10(2)3/h7-8,10H,1,6,9H2,2-5H3. The summed E-state index contributed by atoms with van der Waals surface area (Å²) in [7, 11) is 0. The Kier molecular flexibility index (Phi) is 4.19. The highest BCUT2D eigenvalue weighted by atomic mass is 16.5. The van der Waals surface area contributed by atoms with E-state index in [1.165, 1.54) is 16.7 Å². The first kappa shape index (κ1) is 12.1. The zero-order valence-electron chi connectivity index (χ0n) is 10.3. The van der Waals surface area contributed by atoms with Gasteiger partial charge in [-0.2, -0.15) is 0 Å². The van der Waals surface area contributed by atoms with E-state index in [-0.39, 0.29) is 0 Å². The Morgan fingerprint density at radius 1 is 1.20 bits per heavy atom. The summed E-state index contributed by atoms with van der Waals surface area (Å²) >= 11 is 0. The minimum Gasteiger partial charge on any atom is -0.493 e. The third-order valence-corrected chi connectivity index (χ3v) is 2.37. The van der Waals surface area contributed by atoms with Gasteiger partial charge in [0.1, 0.15) is 5.75 Å². The summed E-state index contributed by atoms with van der Waals surface area (Å²) in [5.74, 6) is 1.61. The number of benzene rings is 1. The van der Waals surface area contributed by atoms with Crippen molar-refractivity contribution in [3.63, 3.8) is 0 Å². The van der Waals surface area contributed by atoms with E-state index < -0.39 is 0 Å². The van der Waals surface area contributed by atoms with Crippen molar-refractivity contribution in [1.82, 2.24) is 0 Å². The van der Waals surface area contributed by atoms with Gasteiger partial charge < -0.3 is 4.74 Å². The van der Waals surface area contributed by atoms with Crippen LogP contribution >= 0.6 is 0 Å². The van der Waals surface area contributed by atoms with E-state index in [0.717, 1.165) is 18.8 Å². The van der Waals surface area contributed by atoms with Gasteiger partial charge >= 0.3 is 0 Å². The molecule has 0 aromatic heterocycles. The maximum absolute atomic E-state index is 5.81. The van der Waals surface area contributed by atoms with Crippen molar-refractivity contribution in [3.05, 3.63) is 35.7 Å². The molecule has 0 saturated heterocycles. The van der Waals surface area contributed by atoms with E-state index in [1.54, 1.807) is 0 Å². The Balaban J connectivity index is 2.88. The van der Waals surface area contributed by atoms with Gasteiger partial charge in [-0.05, 0) is 49.8 Å². The maximum atomic E-state index is 5.81. The van der Waals surface area contributed by atoms with E-state index in [4.69, 9.17) is 4.74 Å². The quantitative estimate of drug-likeness (QED) is 0.728. The van der Waals surface area contributed by atoms with Crippen LogP contribution in [0.4, 0.5) is 0 Å². The molecule has 0 heterocycles. The molecule has 0 aliphatic rings. The van der Waals surface area contributed by atoms with Gasteiger partial charge in [0.2, 0.25) is 0 Å². The number of rotatable bonds is 4. The van der Waals surface area contributed by atoms with Crippen molar-refractivity contribution in [2.45, 2.75) is 34.1 Å². The summed E-state index contributed by atoms with van der Waals surface area (Å²) in [6.07, 6.45) is 0.839. The third kappa shape index (κ3) is 3.26. The Hall–Kier alpha value is -0.980. The molecule has 1 nitrogen and oxygen atoms in total. The Labute approximate surface area is 93.5 Å². The number of aryl methyl sites for hydroxylation is 2. The maximum Gasteiger partial charge on any atom is 0.125 e. The molecule has 1 aromatic carbocycles. The topological polar surface area (TPSA) is 9.23 Å². The van der Waals surface area contributed by atoms with Crippen molar-refractivity contribution in [2.24, 2.45) is 5.92 Å². The van der Waals surface area contributed by atoms with Gasteiger partial charge in [-0.15, -0.1) is 0 Å². The normalized spacial score (nSPS) is 10.8. The highest BCUT2D eigenvalue weighted by Crippen LogP contribution is 2.25. The summed E-state index contributed by atoms with van der Waals surface area (Å²) in [6, 6.07) is 4.32. The van der Waals surface area contributed by atoms with E-state index in [2.05, 4.69) is 46.8 Å². The van der Waals surface area contributed by atoms with Crippen LogP contribution in [-0.4, -0.2) is 6.61 Å². The summed E-state index contributed by atoms with van der Waals surface area (Å²) < 4.78 is 5.81. The van der Waals surface area contributed by atoms with Gasteiger partial charge in [0, 0.05) is 0 Å². The van der Waals surface area contributed by atoms with Crippen molar-refractivity contribution in [3.8, 4) is 5.75 Å². The molecule has 0 bridgehead atoms. The fourth-order valence-electron chi connectivity index (χ4n) is 1.66. The van der Waals surface area contributed by atoms with Crippen LogP contribution in [0.15, 0.2) is 12.1 Å². The lowest BCUT2D eigenvalue weighted by atomic mass is 10.0. The smallest absolute Gasteiger partial charge is 0.125 e. The number of hydrogen-bond donors (Lipinski definition) is 0. The van der Waals surface area contributed by atoms with Gasteiger partial charge in [0.25, 0.3) is 0 Å². The van der Waals surface area contributed by atoms with Gasteiger partial charge in [-0.3, -0.25) is 0 Å². The van der Waals surface area contributed by atoms with Crippen LogP contribution in [0.25, 0.3) is 0 Å². The third-order valence-electron chi connectivity index (χ3n) is 2.37. The predicted octanol–water partition coefficient (Wildman–Crippen LogP) is 3.71. The molecule has 1 heteroatoms. The van der Waals surface area contributed by atoms with E-state index in [1.807, 2.05) is 0 Å². The van der Waals surface area contributed by atoms with Crippen molar-refractivity contribution < 1.29 is 4.74 Å². The minimum absolute atomic E-state index is 0.566. The Morgan fingerprint density at radius 2 is 1.73 bits per heavy atom. The molecule has 0 saturated carbocycles. The van der Waals surface area contributed by atoms with Crippen LogP contribution in [0.1, 0.15) is 30.5 Å². The fraction of sp³-hybridized carbons (Fsp3) is 0.500. The Bertz CT molecular complexity index is 303. The van der Waals surface area contributed by atoms with Crippen LogP contribution in [0.2, 0.25) is 0 Å². The second-order valence-corrected chi connectivity index (χ2v) is 4.51. The summed E-state index contributed by atoms with van der Waals surface area (Å²) in [5.41, 5.74) is 3.71. The zero-order valence-corrected chi connectivity index (χ0v) is 10.3. The molecule has 1 radical (unpaired) electrons. The second kappa shape index (κ2) is 5.20. The summed E-state index contributed by atoms with van der Waals surface area (Å²) in [4.78, 5) is 0. The lowest BCUT2D eigenvalue weighted by Crippen LogP contribution is -2.07. The molecule has 0 N–H and O–H groups in total. The highest BCUT2D eigenvalue weighted by Gasteiger charge is 2.06. The van der Waals surface area contributed by atoms with Gasteiger partial charge in [0.15, 0.2) is 0 Å². The van der Waals surface area contributed by atoms with Crippen molar-refractivity contribution >= 4 is 0 Å². The molecule has 0 unspecified atom stereocenters. The lowest BCUT2D eigenvalue weighted by molar-refractivity contribution is 0.267. The van der Waals surface area contributed by atoms with Crippen LogP contribution in [0.3, 0.4) is 0 Å². The summed E-state index contributed by atoms with van der Waals surface area (Å²) in [6.45, 7) is 13.2. The average Bonchev–Trinajstić information content (AvgIpc) is 2.15. The van der Waals surface area contributed by atoms with E-state index in [9.17, 15) is 0 Å². The van der Waals surface area contributed by atoms with Crippen molar-refractivity contribution in [2.75, 3.05) is 6.61 Å². The molecule has 83 valence electrons. The zero-order chi connectivity index (χ0) is 11.4. The lowest BCUT2D eigenvalue weighted by Gasteiger charge is -2.15. The van der Waals surface area contributed by atoms with Crippen molar-refractivity contribution in [1.29, 1.82) is 0 Å². The average molecular weight is 205 g/mol. The first-order chi connectivity index (χ1) is 7.04. The first-order valence-corrected chi connectivity index (χ1v) is 5.56. The van der Waals surface area contributed by atoms with Gasteiger partial charge in [0.05, 0.1) is 6.61 Å². The molecular formula is C14H21O. The molecule has 0 amide bonds. The SMILES string of the molecule is [CH2]Cc1cc(C)c(OCC(C)C)c(C)c1. The molecule has 1 rings (SSSR count). The van der Waals surface area contributed by atoms with Gasteiger partial charge in [-0.25, -0.2) is 0 Å². The Morgan fingerprint density at radius 3 is 2.13 bits per heavy atom. The highest BCUT2D eigenvalue weighted by molar-refractivity contribution is 5.43. The molecule has 1 aromatic rings. The van der Waals surface area contributed by atoms with Crippen LogP contribution < -0.4 is 4.74 Å². The molecule has 0 fully saturated rings. The summed E-state index contributed by atoms with van der Waals surface area (Å²) in [5, 5.41) is 0. The number of ether oxygens (including phenoxy) is 1.